The Balaban J connectivity index is 1.08. The first-order valence-corrected chi connectivity index (χ1v) is 15.0. The van der Waals surface area contributed by atoms with Gasteiger partial charge in [0, 0.05) is 51.0 Å². The molecule has 1 aliphatic carbocycles. The van der Waals surface area contributed by atoms with Crippen molar-refractivity contribution in [2.75, 3.05) is 37.7 Å². The fourth-order valence-electron chi connectivity index (χ4n) is 7.29. The number of benzene rings is 2. The summed E-state index contributed by atoms with van der Waals surface area (Å²) >= 11 is 0. The van der Waals surface area contributed by atoms with E-state index in [4.69, 9.17) is 14.5 Å². The Morgan fingerprint density at radius 2 is 2.00 bits per heavy atom. The molecule has 2 atom stereocenters. The number of rotatable bonds is 7. The molecule has 3 aromatic rings. The zero-order valence-corrected chi connectivity index (χ0v) is 24.1. The molecule has 7 heteroatoms. The van der Waals surface area contributed by atoms with Gasteiger partial charge in [-0.1, -0.05) is 29.8 Å². The SMILES string of the molecule is Cc1ccc(OCc2ccc3c(c2C)CCN(C2CCOCC2)C3)c(-c2cccc(N3CC4C[C@]4(C(=O)O)C3)n2)c1. The maximum atomic E-state index is 11.8. The number of aliphatic carboxylic acids is 1. The van der Waals surface area contributed by atoms with Crippen LogP contribution in [0.2, 0.25) is 0 Å². The van der Waals surface area contributed by atoms with Crippen molar-refractivity contribution in [3.63, 3.8) is 0 Å². The highest BCUT2D eigenvalue weighted by atomic mass is 16.5. The predicted octanol–water partition coefficient (Wildman–Crippen LogP) is 5.39. The highest BCUT2D eigenvalue weighted by molar-refractivity contribution is 5.81. The summed E-state index contributed by atoms with van der Waals surface area (Å²) in [6.45, 7) is 10.0. The number of carboxylic acids is 1. The van der Waals surface area contributed by atoms with Crippen LogP contribution in [0.4, 0.5) is 5.82 Å². The van der Waals surface area contributed by atoms with Crippen LogP contribution < -0.4 is 9.64 Å². The molecule has 1 saturated carbocycles. The minimum absolute atomic E-state index is 0.230. The molecule has 7 nitrogen and oxygen atoms in total. The number of ether oxygens (including phenoxy) is 2. The van der Waals surface area contributed by atoms with Crippen molar-refractivity contribution in [1.82, 2.24) is 9.88 Å². The second-order valence-electron chi connectivity index (χ2n) is 12.5. The standard InChI is InChI=1S/C34H39N3O4/c1-22-6-9-31(29(16-22)30-4-3-5-32(35-30)37-19-26-17-34(26,21-37)33(38)39)41-20-25-8-7-24-18-36(13-10-28(24)23(25)2)27-11-14-40-15-12-27/h3-9,16,26-27H,10-15,17-21H2,1-2H3,(H,38,39)/t26?,34-/m0/s1. The molecule has 7 rings (SSSR count). The van der Waals surface area contributed by atoms with Gasteiger partial charge in [0.15, 0.2) is 0 Å². The fraction of sp³-hybridized carbons (Fsp3) is 0.471. The molecular weight excluding hydrogens is 514 g/mol. The summed E-state index contributed by atoms with van der Waals surface area (Å²) in [7, 11) is 0. The van der Waals surface area contributed by atoms with E-state index in [1.807, 2.05) is 24.3 Å². The molecule has 4 aliphatic rings. The molecule has 3 fully saturated rings. The average Bonchev–Trinajstić information content (AvgIpc) is 3.58. The first-order chi connectivity index (χ1) is 19.9. The van der Waals surface area contributed by atoms with E-state index in [-0.39, 0.29) is 5.92 Å². The zero-order valence-electron chi connectivity index (χ0n) is 24.1. The van der Waals surface area contributed by atoms with Crippen molar-refractivity contribution in [2.45, 2.75) is 58.7 Å². The van der Waals surface area contributed by atoms with E-state index in [2.05, 4.69) is 47.9 Å². The van der Waals surface area contributed by atoms with Gasteiger partial charge in [0.2, 0.25) is 0 Å². The number of fused-ring (bicyclic) bond motifs is 2. The number of pyridine rings is 1. The Bertz CT molecular complexity index is 1480. The normalized spacial score (nSPS) is 24.1. The summed E-state index contributed by atoms with van der Waals surface area (Å²) in [5, 5.41) is 9.71. The van der Waals surface area contributed by atoms with Crippen LogP contribution in [0.5, 0.6) is 5.75 Å². The minimum Gasteiger partial charge on any atom is -0.488 e. The van der Waals surface area contributed by atoms with Crippen molar-refractivity contribution in [2.24, 2.45) is 11.3 Å². The molecule has 0 radical (unpaired) electrons. The lowest BCUT2D eigenvalue weighted by Crippen LogP contribution is -2.42. The van der Waals surface area contributed by atoms with Crippen molar-refractivity contribution < 1.29 is 19.4 Å². The van der Waals surface area contributed by atoms with Gasteiger partial charge in [0.25, 0.3) is 0 Å². The van der Waals surface area contributed by atoms with Crippen LogP contribution >= 0.6 is 0 Å². The summed E-state index contributed by atoms with van der Waals surface area (Å²) in [6.07, 6.45) is 4.14. The number of anilines is 1. The lowest BCUT2D eigenvalue weighted by atomic mass is 9.90. The Morgan fingerprint density at radius 1 is 1.15 bits per heavy atom. The molecule has 41 heavy (non-hydrogen) atoms. The Labute approximate surface area is 242 Å². The topological polar surface area (TPSA) is 75.1 Å². The van der Waals surface area contributed by atoms with E-state index in [9.17, 15) is 9.90 Å². The van der Waals surface area contributed by atoms with Crippen LogP contribution in [0, 0.1) is 25.2 Å². The number of aryl methyl sites for hydroxylation is 1. The number of carbonyl (C=O) groups is 1. The molecule has 4 heterocycles. The third kappa shape index (κ3) is 4.89. The smallest absolute Gasteiger partial charge is 0.311 e. The average molecular weight is 554 g/mol. The van der Waals surface area contributed by atoms with E-state index in [1.165, 1.54) is 22.3 Å². The third-order valence-electron chi connectivity index (χ3n) is 9.96. The Kier molecular flexibility index (Phi) is 6.75. The molecule has 3 aliphatic heterocycles. The van der Waals surface area contributed by atoms with Gasteiger partial charge in [-0.25, -0.2) is 4.98 Å². The van der Waals surface area contributed by atoms with Gasteiger partial charge in [-0.3, -0.25) is 9.69 Å². The highest BCUT2D eigenvalue weighted by Crippen LogP contribution is 2.58. The summed E-state index contributed by atoms with van der Waals surface area (Å²) in [4.78, 5) is 21.6. The minimum atomic E-state index is -0.676. The van der Waals surface area contributed by atoms with Crippen LogP contribution in [0.1, 0.15) is 47.1 Å². The Hall–Kier alpha value is -3.42. The van der Waals surface area contributed by atoms with Gasteiger partial charge in [-0.2, -0.15) is 0 Å². The van der Waals surface area contributed by atoms with Gasteiger partial charge >= 0.3 is 5.97 Å². The molecule has 1 unspecified atom stereocenters. The fourth-order valence-corrected chi connectivity index (χ4v) is 7.29. The molecule has 214 valence electrons. The molecular formula is C34H39N3O4. The molecule has 2 saturated heterocycles. The van der Waals surface area contributed by atoms with Crippen molar-refractivity contribution in [3.05, 3.63) is 76.3 Å². The zero-order chi connectivity index (χ0) is 28.1. The van der Waals surface area contributed by atoms with Crippen LogP contribution in [0.3, 0.4) is 0 Å². The first-order valence-electron chi connectivity index (χ1n) is 15.0. The van der Waals surface area contributed by atoms with Crippen molar-refractivity contribution >= 4 is 11.8 Å². The quantitative estimate of drug-likeness (QED) is 0.420. The van der Waals surface area contributed by atoms with Gasteiger partial charge in [-0.05, 0) is 92.0 Å². The molecule has 1 aromatic heterocycles. The van der Waals surface area contributed by atoms with Crippen LogP contribution in [0.15, 0.2) is 48.5 Å². The number of piperidine rings is 1. The van der Waals surface area contributed by atoms with Gasteiger partial charge in [0.05, 0.1) is 11.1 Å². The number of nitrogens with zero attached hydrogens (tertiary/aromatic N) is 3. The van der Waals surface area contributed by atoms with Gasteiger partial charge in [0.1, 0.15) is 18.2 Å². The van der Waals surface area contributed by atoms with E-state index in [0.29, 0.717) is 19.2 Å². The molecule has 0 spiro atoms. The number of hydrogen-bond donors (Lipinski definition) is 1. The summed E-state index contributed by atoms with van der Waals surface area (Å²) in [5.74, 6) is 1.20. The monoisotopic (exact) mass is 553 g/mol. The van der Waals surface area contributed by atoms with Crippen molar-refractivity contribution in [1.29, 1.82) is 0 Å². The third-order valence-corrected chi connectivity index (χ3v) is 9.96. The molecule has 1 N–H and O–H groups in total. The number of hydrogen-bond acceptors (Lipinski definition) is 6. The summed E-state index contributed by atoms with van der Waals surface area (Å²) < 4.78 is 12.1. The number of carboxylic acid groups (broad SMARTS) is 1. The predicted molar refractivity (Wildman–Crippen MR) is 158 cm³/mol. The van der Waals surface area contributed by atoms with E-state index in [0.717, 1.165) is 86.9 Å². The first kappa shape index (κ1) is 26.5. The van der Waals surface area contributed by atoms with Crippen LogP contribution in [0.25, 0.3) is 11.3 Å². The van der Waals surface area contributed by atoms with Crippen molar-refractivity contribution in [3.8, 4) is 17.0 Å². The second-order valence-corrected chi connectivity index (χ2v) is 12.5. The van der Waals surface area contributed by atoms with E-state index >= 15 is 0 Å². The number of aromatic nitrogens is 1. The largest absolute Gasteiger partial charge is 0.488 e. The lowest BCUT2D eigenvalue weighted by molar-refractivity contribution is -0.143. The van der Waals surface area contributed by atoms with Gasteiger partial charge < -0.3 is 19.5 Å². The van der Waals surface area contributed by atoms with E-state index < -0.39 is 11.4 Å². The summed E-state index contributed by atoms with van der Waals surface area (Å²) in [5.41, 5.74) is 7.89. The second kappa shape index (κ2) is 10.4. The Morgan fingerprint density at radius 3 is 2.80 bits per heavy atom. The molecule has 0 bridgehead atoms. The van der Waals surface area contributed by atoms with Gasteiger partial charge in [-0.15, -0.1) is 0 Å². The highest BCUT2D eigenvalue weighted by Gasteiger charge is 2.65. The van der Waals surface area contributed by atoms with Crippen LogP contribution in [-0.4, -0.2) is 59.8 Å². The lowest BCUT2D eigenvalue weighted by Gasteiger charge is -2.38. The maximum absolute atomic E-state index is 11.8. The van der Waals surface area contributed by atoms with Crippen LogP contribution in [-0.2, 0) is 29.1 Å². The van der Waals surface area contributed by atoms with E-state index in [1.54, 1.807) is 0 Å². The molecule has 0 amide bonds. The molecule has 2 aromatic carbocycles. The maximum Gasteiger partial charge on any atom is 0.311 e. The summed E-state index contributed by atoms with van der Waals surface area (Å²) in [6, 6.07) is 17.5.